The van der Waals surface area contributed by atoms with Gasteiger partial charge >= 0.3 is 0 Å². The third kappa shape index (κ3) is 50.5. The quantitative estimate of drug-likeness (QED) is 0.0261. The summed E-state index contributed by atoms with van der Waals surface area (Å²) in [4.78, 5) is 13.1. The average molecular weight is 1150 g/mol. The van der Waals surface area contributed by atoms with E-state index in [9.17, 15) is 30.3 Å². The second-order valence-electron chi connectivity index (χ2n) is 25.4. The third-order valence-corrected chi connectivity index (χ3v) is 17.5. The lowest BCUT2D eigenvalue weighted by molar-refractivity contribution is -0.302. The summed E-state index contributed by atoms with van der Waals surface area (Å²) in [6.07, 6.45) is 74.5. The zero-order chi connectivity index (χ0) is 58.6. The predicted molar refractivity (Wildman–Crippen MR) is 346 cm³/mol. The Morgan fingerprint density at radius 1 is 0.407 bits per heavy atom. The molecule has 81 heavy (non-hydrogen) atoms. The Bertz CT molecular complexity index is 1330. The molecule has 0 radical (unpaired) electrons. The van der Waals surface area contributed by atoms with E-state index in [1.807, 2.05) is 6.08 Å². The van der Waals surface area contributed by atoms with Gasteiger partial charge in [0, 0.05) is 6.42 Å². The fourth-order valence-corrected chi connectivity index (χ4v) is 11.9. The van der Waals surface area contributed by atoms with Gasteiger partial charge in [0.2, 0.25) is 5.91 Å². The van der Waals surface area contributed by atoms with E-state index in [0.29, 0.717) is 6.42 Å². The number of allylic oxidation sites excluding steroid dienone is 3. The van der Waals surface area contributed by atoms with Crippen molar-refractivity contribution in [3.8, 4) is 0 Å². The molecule has 9 heteroatoms. The van der Waals surface area contributed by atoms with Crippen molar-refractivity contribution in [1.82, 2.24) is 5.32 Å². The number of nitrogens with one attached hydrogen (secondary N) is 1. The van der Waals surface area contributed by atoms with Crippen LogP contribution in [0.3, 0.4) is 0 Å². The molecule has 480 valence electrons. The molecule has 1 aliphatic heterocycles. The zero-order valence-corrected chi connectivity index (χ0v) is 53.8. The van der Waals surface area contributed by atoms with Crippen LogP contribution in [0.2, 0.25) is 0 Å². The lowest BCUT2D eigenvalue weighted by Gasteiger charge is -2.40. The van der Waals surface area contributed by atoms with Gasteiger partial charge < -0.3 is 40.3 Å². The van der Waals surface area contributed by atoms with Gasteiger partial charge in [0.1, 0.15) is 24.4 Å². The minimum Gasteiger partial charge on any atom is -0.394 e. The number of hydrogen-bond acceptors (Lipinski definition) is 8. The molecule has 0 aromatic heterocycles. The van der Waals surface area contributed by atoms with E-state index in [-0.39, 0.29) is 12.5 Å². The Labute approximate surface area is 502 Å². The molecule has 1 rings (SSSR count). The van der Waals surface area contributed by atoms with E-state index in [4.69, 9.17) is 9.47 Å². The largest absolute Gasteiger partial charge is 0.394 e. The molecule has 6 N–H and O–H groups in total. The van der Waals surface area contributed by atoms with E-state index in [0.717, 1.165) is 38.5 Å². The highest BCUT2D eigenvalue weighted by molar-refractivity contribution is 5.76. The van der Waals surface area contributed by atoms with Crippen molar-refractivity contribution in [1.29, 1.82) is 0 Å². The second-order valence-corrected chi connectivity index (χ2v) is 25.4. The van der Waals surface area contributed by atoms with E-state index >= 15 is 0 Å². The van der Waals surface area contributed by atoms with Crippen LogP contribution in [0, 0.1) is 0 Å². The molecule has 0 aromatic rings. The van der Waals surface area contributed by atoms with Gasteiger partial charge in [-0.1, -0.05) is 359 Å². The molecule has 1 fully saturated rings. The van der Waals surface area contributed by atoms with Gasteiger partial charge in [0.05, 0.1) is 25.4 Å². The number of rotatable bonds is 64. The molecule has 1 heterocycles. The van der Waals surface area contributed by atoms with Crippen LogP contribution in [0.1, 0.15) is 373 Å². The van der Waals surface area contributed by atoms with Gasteiger partial charge in [-0.2, -0.15) is 0 Å². The number of unbranched alkanes of at least 4 members (excludes halogenated alkanes) is 52. The highest BCUT2D eigenvalue weighted by atomic mass is 16.7. The van der Waals surface area contributed by atoms with E-state index in [2.05, 4.69) is 31.3 Å². The molecule has 0 bridgehead atoms. The molecular weight excluding hydrogens is 1010 g/mol. The summed E-state index contributed by atoms with van der Waals surface area (Å²) in [6.45, 7) is 3.83. The van der Waals surface area contributed by atoms with Crippen LogP contribution >= 0.6 is 0 Å². The van der Waals surface area contributed by atoms with Gasteiger partial charge in [-0.05, 0) is 32.1 Å². The topological polar surface area (TPSA) is 149 Å². The molecule has 0 aliphatic carbocycles. The Kier molecular flexibility index (Phi) is 59.2. The number of aliphatic hydroxyl groups excluding tert-OH is 5. The van der Waals surface area contributed by atoms with Gasteiger partial charge in [-0.15, -0.1) is 0 Å². The van der Waals surface area contributed by atoms with Gasteiger partial charge in [-0.3, -0.25) is 4.79 Å². The molecule has 7 unspecified atom stereocenters. The van der Waals surface area contributed by atoms with Crippen molar-refractivity contribution in [2.45, 2.75) is 416 Å². The molecule has 0 spiro atoms. The van der Waals surface area contributed by atoms with Crippen LogP contribution in [-0.2, 0) is 14.3 Å². The molecule has 9 nitrogen and oxygen atoms in total. The molecule has 7 atom stereocenters. The summed E-state index contributed by atoms with van der Waals surface area (Å²) in [5.41, 5.74) is 0. The Morgan fingerprint density at radius 2 is 0.704 bits per heavy atom. The first-order valence-corrected chi connectivity index (χ1v) is 36.1. The Hall–Kier alpha value is -1.33. The minimum atomic E-state index is -1.57. The lowest BCUT2D eigenvalue weighted by Crippen LogP contribution is -2.60. The molecule has 1 amide bonds. The normalized spacial score (nSPS) is 18.4. The molecule has 0 aromatic carbocycles. The number of carbonyl (C=O) groups excluding carboxylic acids is 1. The second kappa shape index (κ2) is 61.7. The summed E-state index contributed by atoms with van der Waals surface area (Å²) < 4.78 is 11.3. The standard InChI is InChI=1S/C72H139NO8/c1-3-5-7-9-11-13-15-17-19-21-23-25-27-29-31-33-35-37-39-41-43-45-47-49-51-53-55-57-59-61-66(75)65(64-80-72-71(79)70(78)69(77)67(63-74)81-72)73-68(76)62-60-58-56-54-52-50-48-46-44-42-40-38-36-34-32-30-28-26-24-22-20-18-16-14-12-10-8-6-4-2/h51,53,59,61,65-67,69-72,74-75,77-79H,3-50,52,54-58,60,62-64H2,1-2H3,(H,73,76)/b53-51+,61-59+. The van der Waals surface area contributed by atoms with Gasteiger partial charge in [0.25, 0.3) is 0 Å². The highest BCUT2D eigenvalue weighted by Gasteiger charge is 2.44. The monoisotopic (exact) mass is 1150 g/mol. The molecule has 1 saturated heterocycles. The number of ether oxygens (including phenoxy) is 2. The van der Waals surface area contributed by atoms with E-state index in [1.165, 1.54) is 315 Å². The van der Waals surface area contributed by atoms with E-state index in [1.54, 1.807) is 6.08 Å². The van der Waals surface area contributed by atoms with Gasteiger partial charge in [0.15, 0.2) is 6.29 Å². The van der Waals surface area contributed by atoms with Crippen LogP contribution in [0.15, 0.2) is 24.3 Å². The van der Waals surface area contributed by atoms with Crippen molar-refractivity contribution in [2.24, 2.45) is 0 Å². The van der Waals surface area contributed by atoms with Crippen LogP contribution < -0.4 is 5.32 Å². The summed E-state index contributed by atoms with van der Waals surface area (Å²) >= 11 is 0. The minimum absolute atomic E-state index is 0.177. The first kappa shape index (κ1) is 77.7. The first-order valence-electron chi connectivity index (χ1n) is 36.1. The fraction of sp³-hybridized carbons (Fsp3) is 0.931. The zero-order valence-electron chi connectivity index (χ0n) is 53.8. The fourth-order valence-electron chi connectivity index (χ4n) is 11.9. The summed E-state index contributed by atoms with van der Waals surface area (Å²) in [6, 6.07) is -0.820. The van der Waals surface area contributed by atoms with Crippen LogP contribution in [0.5, 0.6) is 0 Å². The number of hydrogen-bond donors (Lipinski definition) is 6. The Morgan fingerprint density at radius 3 is 1.04 bits per heavy atom. The number of amides is 1. The smallest absolute Gasteiger partial charge is 0.220 e. The van der Waals surface area contributed by atoms with Gasteiger partial charge in [-0.25, -0.2) is 0 Å². The summed E-state index contributed by atoms with van der Waals surface area (Å²) in [5, 5.41) is 54.8. The maximum Gasteiger partial charge on any atom is 0.220 e. The molecular formula is C72H139NO8. The Balaban J connectivity index is 2.13. The maximum absolute atomic E-state index is 13.1. The number of carbonyl (C=O) groups is 1. The SMILES string of the molecule is CCCCCCCCCCCCCCCCCCCCCCCCC/C=C/CC/C=C/C(O)C(COC1OC(CO)C(O)C(O)C1O)NC(=O)CCCCCCCCCCCCCCCCCCCCCCCCCCCCCCC. The van der Waals surface area contributed by atoms with Crippen molar-refractivity contribution >= 4 is 5.91 Å². The van der Waals surface area contributed by atoms with Crippen LogP contribution in [0.4, 0.5) is 0 Å². The molecule has 1 aliphatic rings. The van der Waals surface area contributed by atoms with Crippen LogP contribution in [0.25, 0.3) is 0 Å². The van der Waals surface area contributed by atoms with Crippen molar-refractivity contribution in [3.63, 3.8) is 0 Å². The highest BCUT2D eigenvalue weighted by Crippen LogP contribution is 2.24. The molecule has 0 saturated carbocycles. The third-order valence-electron chi connectivity index (χ3n) is 17.5. The lowest BCUT2D eigenvalue weighted by atomic mass is 9.99. The predicted octanol–water partition coefficient (Wildman–Crippen LogP) is 19.6. The summed E-state index contributed by atoms with van der Waals surface area (Å²) in [5.74, 6) is -0.177. The first-order chi connectivity index (χ1) is 39.8. The maximum atomic E-state index is 13.1. The summed E-state index contributed by atoms with van der Waals surface area (Å²) in [7, 11) is 0. The number of aliphatic hydroxyl groups is 5. The van der Waals surface area contributed by atoms with E-state index < -0.39 is 49.5 Å². The van der Waals surface area contributed by atoms with Crippen molar-refractivity contribution in [2.75, 3.05) is 13.2 Å². The van der Waals surface area contributed by atoms with Crippen molar-refractivity contribution < 1.29 is 39.8 Å². The van der Waals surface area contributed by atoms with Crippen LogP contribution in [-0.4, -0.2) is 87.5 Å². The average Bonchev–Trinajstić information content (AvgIpc) is 3.50. The van der Waals surface area contributed by atoms with Crippen molar-refractivity contribution in [3.05, 3.63) is 24.3 Å².